The van der Waals surface area contributed by atoms with Crippen LogP contribution in [0.1, 0.15) is 17.5 Å². The second-order valence-corrected chi connectivity index (χ2v) is 7.83. The Morgan fingerprint density at radius 2 is 1.89 bits per heavy atom. The third-order valence-electron chi connectivity index (χ3n) is 5.88. The van der Waals surface area contributed by atoms with Crippen LogP contribution in [0.25, 0.3) is 10.9 Å². The molecular formula is C23H25FN2O2. The van der Waals surface area contributed by atoms with E-state index in [0.29, 0.717) is 19.4 Å². The topological polar surface area (TPSA) is 56.6 Å². The van der Waals surface area contributed by atoms with E-state index in [0.717, 1.165) is 29.6 Å². The largest absolute Gasteiger partial charge is 0.396 e. The molecule has 0 saturated carbocycles. The van der Waals surface area contributed by atoms with Gasteiger partial charge in [-0.1, -0.05) is 30.3 Å². The lowest BCUT2D eigenvalue weighted by Crippen LogP contribution is -2.54. The molecule has 1 aliphatic heterocycles. The number of hydrogen-bond donors (Lipinski definition) is 2. The Labute approximate surface area is 164 Å². The van der Waals surface area contributed by atoms with Gasteiger partial charge in [0.1, 0.15) is 5.82 Å². The zero-order valence-electron chi connectivity index (χ0n) is 15.8. The van der Waals surface area contributed by atoms with Crippen molar-refractivity contribution in [2.75, 3.05) is 19.7 Å². The smallest absolute Gasteiger partial charge is 0.123 e. The summed E-state index contributed by atoms with van der Waals surface area (Å²) in [5, 5.41) is 22.1. The van der Waals surface area contributed by atoms with Crippen molar-refractivity contribution in [2.45, 2.75) is 25.5 Å². The maximum Gasteiger partial charge on any atom is 0.123 e. The van der Waals surface area contributed by atoms with E-state index < -0.39 is 11.5 Å². The number of rotatable bonds is 5. The predicted molar refractivity (Wildman–Crippen MR) is 107 cm³/mol. The molecule has 1 saturated heterocycles. The number of aliphatic hydroxyl groups is 2. The number of hydrogen-bond acceptors (Lipinski definition) is 4. The molecule has 2 heterocycles. The second-order valence-electron chi connectivity index (χ2n) is 7.83. The monoisotopic (exact) mass is 380 g/mol. The molecular weight excluding hydrogens is 355 g/mol. The van der Waals surface area contributed by atoms with E-state index in [4.69, 9.17) is 0 Å². The van der Waals surface area contributed by atoms with Crippen molar-refractivity contribution in [2.24, 2.45) is 5.41 Å². The van der Waals surface area contributed by atoms with E-state index >= 15 is 0 Å². The molecule has 0 spiro atoms. The standard InChI is InChI=1S/C23H25FN2O2/c24-19-7-5-17(6-8-19)13-23(16-27)15-26(12-10-22(23)28)14-18-9-11-25-21-4-2-1-3-20(18)21/h1-9,11,22,27-28H,10,12-16H2/t22-,23-/m0/s1. The van der Waals surface area contributed by atoms with Gasteiger partial charge in [0.25, 0.3) is 0 Å². The van der Waals surface area contributed by atoms with Gasteiger partial charge in [0.15, 0.2) is 0 Å². The number of halogens is 1. The Hall–Kier alpha value is -2.34. The average Bonchev–Trinajstić information content (AvgIpc) is 2.72. The SMILES string of the molecule is OC[C@]1(Cc2ccc(F)cc2)CN(Cc2ccnc3ccccc23)CC[C@@H]1O. The molecule has 4 rings (SSSR count). The number of pyridine rings is 1. The van der Waals surface area contributed by atoms with Crippen LogP contribution in [0.15, 0.2) is 60.8 Å². The molecule has 0 unspecified atom stereocenters. The highest BCUT2D eigenvalue weighted by atomic mass is 19.1. The van der Waals surface area contributed by atoms with Crippen molar-refractivity contribution in [3.8, 4) is 0 Å². The lowest BCUT2D eigenvalue weighted by atomic mass is 9.73. The number of likely N-dealkylation sites (tertiary alicyclic amines) is 1. The summed E-state index contributed by atoms with van der Waals surface area (Å²) >= 11 is 0. The van der Waals surface area contributed by atoms with Crippen LogP contribution in [0.5, 0.6) is 0 Å². The van der Waals surface area contributed by atoms with Crippen LogP contribution in [0, 0.1) is 11.2 Å². The van der Waals surface area contributed by atoms with Crippen LogP contribution in [-0.4, -0.2) is 45.9 Å². The van der Waals surface area contributed by atoms with Crippen molar-refractivity contribution in [1.29, 1.82) is 0 Å². The highest BCUT2D eigenvalue weighted by Gasteiger charge is 2.42. The summed E-state index contributed by atoms with van der Waals surface area (Å²) in [6.07, 6.45) is 2.35. The van der Waals surface area contributed by atoms with Crippen LogP contribution in [0.4, 0.5) is 4.39 Å². The highest BCUT2D eigenvalue weighted by Crippen LogP contribution is 2.35. The lowest BCUT2D eigenvalue weighted by molar-refractivity contribution is -0.0767. The van der Waals surface area contributed by atoms with Crippen molar-refractivity contribution in [3.63, 3.8) is 0 Å². The fraction of sp³-hybridized carbons (Fsp3) is 0.348. The van der Waals surface area contributed by atoms with Gasteiger partial charge < -0.3 is 10.2 Å². The number of aromatic nitrogens is 1. The summed E-state index contributed by atoms with van der Waals surface area (Å²) in [5.74, 6) is -0.280. The lowest BCUT2D eigenvalue weighted by Gasteiger charge is -2.45. The minimum atomic E-state index is -0.654. The second kappa shape index (κ2) is 7.95. The zero-order valence-corrected chi connectivity index (χ0v) is 15.8. The van der Waals surface area contributed by atoms with Gasteiger partial charge in [-0.2, -0.15) is 0 Å². The molecule has 1 aliphatic rings. The molecule has 0 amide bonds. The van der Waals surface area contributed by atoms with Crippen LogP contribution >= 0.6 is 0 Å². The first-order valence-electron chi connectivity index (χ1n) is 9.68. The van der Waals surface area contributed by atoms with Crippen LogP contribution < -0.4 is 0 Å². The van der Waals surface area contributed by atoms with Gasteiger partial charge >= 0.3 is 0 Å². The van der Waals surface area contributed by atoms with Gasteiger partial charge in [-0.25, -0.2) is 4.39 Å². The third-order valence-corrected chi connectivity index (χ3v) is 5.88. The highest BCUT2D eigenvalue weighted by molar-refractivity contribution is 5.81. The Balaban J connectivity index is 1.57. The average molecular weight is 380 g/mol. The summed E-state index contributed by atoms with van der Waals surface area (Å²) in [7, 11) is 0. The minimum absolute atomic E-state index is 0.112. The predicted octanol–water partition coefficient (Wildman–Crippen LogP) is 3.16. The summed E-state index contributed by atoms with van der Waals surface area (Å²) in [6.45, 7) is 1.97. The molecule has 2 aromatic carbocycles. The van der Waals surface area contributed by atoms with Crippen LogP contribution in [0.3, 0.4) is 0 Å². The molecule has 0 aliphatic carbocycles. The van der Waals surface area contributed by atoms with E-state index in [1.165, 1.54) is 17.7 Å². The van der Waals surface area contributed by atoms with Crippen LogP contribution in [0.2, 0.25) is 0 Å². The zero-order chi connectivity index (χ0) is 19.6. The van der Waals surface area contributed by atoms with Crippen molar-refractivity contribution < 1.29 is 14.6 Å². The third kappa shape index (κ3) is 3.78. The molecule has 0 radical (unpaired) electrons. The molecule has 2 atom stereocenters. The summed E-state index contributed by atoms with van der Waals surface area (Å²) in [5.41, 5.74) is 2.43. The van der Waals surface area contributed by atoms with Gasteiger partial charge in [-0.05, 0) is 48.2 Å². The van der Waals surface area contributed by atoms with Gasteiger partial charge in [-0.15, -0.1) is 0 Å². The van der Waals surface area contributed by atoms with Gasteiger partial charge in [0.2, 0.25) is 0 Å². The molecule has 0 bridgehead atoms. The molecule has 2 N–H and O–H groups in total. The Kier molecular flexibility index (Phi) is 5.40. The first-order valence-corrected chi connectivity index (χ1v) is 9.68. The first kappa shape index (κ1) is 19.0. The fourth-order valence-electron chi connectivity index (χ4n) is 4.30. The Morgan fingerprint density at radius 3 is 2.68 bits per heavy atom. The molecule has 28 heavy (non-hydrogen) atoms. The Morgan fingerprint density at radius 1 is 1.11 bits per heavy atom. The van der Waals surface area contributed by atoms with Crippen molar-refractivity contribution >= 4 is 10.9 Å². The van der Waals surface area contributed by atoms with Gasteiger partial charge in [-0.3, -0.25) is 9.88 Å². The molecule has 3 aromatic rings. The molecule has 5 heteroatoms. The number of para-hydroxylation sites is 1. The van der Waals surface area contributed by atoms with E-state index in [2.05, 4.69) is 16.0 Å². The quantitative estimate of drug-likeness (QED) is 0.714. The first-order chi connectivity index (χ1) is 13.6. The van der Waals surface area contributed by atoms with E-state index in [9.17, 15) is 14.6 Å². The Bertz CT molecular complexity index is 941. The number of aliphatic hydroxyl groups excluding tert-OH is 2. The number of nitrogens with zero attached hydrogens (tertiary/aromatic N) is 2. The maximum atomic E-state index is 13.2. The number of fused-ring (bicyclic) bond motifs is 1. The van der Waals surface area contributed by atoms with Crippen LogP contribution in [-0.2, 0) is 13.0 Å². The summed E-state index contributed by atoms with van der Waals surface area (Å²) < 4.78 is 13.2. The van der Waals surface area contributed by atoms with E-state index in [-0.39, 0.29) is 12.4 Å². The molecule has 146 valence electrons. The van der Waals surface area contributed by atoms with E-state index in [1.807, 2.05) is 30.5 Å². The van der Waals surface area contributed by atoms with E-state index in [1.54, 1.807) is 12.1 Å². The summed E-state index contributed by atoms with van der Waals surface area (Å²) in [4.78, 5) is 6.71. The minimum Gasteiger partial charge on any atom is -0.396 e. The van der Waals surface area contributed by atoms with Crippen molar-refractivity contribution in [1.82, 2.24) is 9.88 Å². The number of piperidine rings is 1. The molecule has 4 nitrogen and oxygen atoms in total. The normalized spacial score (nSPS) is 23.2. The molecule has 1 aromatic heterocycles. The van der Waals surface area contributed by atoms with Gasteiger partial charge in [0.05, 0.1) is 18.2 Å². The molecule has 1 fully saturated rings. The maximum absolute atomic E-state index is 13.2. The fourth-order valence-corrected chi connectivity index (χ4v) is 4.30. The number of benzene rings is 2. The summed E-state index contributed by atoms with van der Waals surface area (Å²) in [6, 6.07) is 16.4. The van der Waals surface area contributed by atoms with Crippen molar-refractivity contribution in [3.05, 3.63) is 77.7 Å². The van der Waals surface area contributed by atoms with Gasteiger partial charge in [0, 0.05) is 36.6 Å².